The predicted molar refractivity (Wildman–Crippen MR) is 233 cm³/mol. The van der Waals surface area contributed by atoms with Gasteiger partial charge in [0.25, 0.3) is 0 Å². The van der Waals surface area contributed by atoms with E-state index >= 15 is 0 Å². The molecule has 4 heteroatoms. The van der Waals surface area contributed by atoms with Gasteiger partial charge in [-0.15, -0.1) is 0 Å². The van der Waals surface area contributed by atoms with E-state index in [1.165, 1.54) is 32.6 Å². The Morgan fingerprint density at radius 1 is 0.357 bits per heavy atom. The summed E-state index contributed by atoms with van der Waals surface area (Å²) >= 11 is 0. The minimum atomic E-state index is 0.875. The zero-order valence-corrected chi connectivity index (χ0v) is 30.2. The van der Waals surface area contributed by atoms with Crippen molar-refractivity contribution in [1.29, 1.82) is 0 Å². The van der Waals surface area contributed by atoms with Crippen LogP contribution in [0.4, 0.5) is 17.1 Å². The molecule has 12 aromatic rings. The highest BCUT2D eigenvalue weighted by Crippen LogP contribution is 2.43. The molecule has 0 radical (unpaired) electrons. The quantitative estimate of drug-likeness (QED) is 0.178. The van der Waals surface area contributed by atoms with Crippen LogP contribution in [0.15, 0.2) is 203 Å². The SMILES string of the molecule is c1ccc(N(c2ccc(-c3cc(-n4c5ccccc5c5ccccc54)cc4c3oc3ccccc34)cc2)c2ccc3oc4cc5ccccc5cc4c3c2)cc1. The van der Waals surface area contributed by atoms with Crippen molar-refractivity contribution in [2.24, 2.45) is 0 Å². The standard InChI is InChI=1S/C52H32N2O2/c1-2-14-36(15-3-1)53(38-26-27-50-45(30-38)44-28-34-12-4-5-13-35(34)29-51(44)55-50)37-24-22-33(23-25-37)43-31-39(32-46-42-18-8-11-21-49(42)56-52(43)46)54-47-19-9-6-16-40(47)41-17-7-10-20-48(41)54/h1-32H. The Balaban J connectivity index is 1.03. The third-order valence-corrected chi connectivity index (χ3v) is 11.3. The Morgan fingerprint density at radius 3 is 1.71 bits per heavy atom. The topological polar surface area (TPSA) is 34.5 Å². The van der Waals surface area contributed by atoms with Crippen LogP contribution in [-0.2, 0) is 0 Å². The summed E-state index contributed by atoms with van der Waals surface area (Å²) in [5.74, 6) is 0. The van der Waals surface area contributed by atoms with Crippen LogP contribution in [-0.4, -0.2) is 4.57 Å². The third kappa shape index (κ3) is 4.66. The molecule has 3 heterocycles. The molecule has 262 valence electrons. The predicted octanol–water partition coefficient (Wildman–Crippen LogP) is 14.9. The van der Waals surface area contributed by atoms with Crippen LogP contribution in [0.3, 0.4) is 0 Å². The summed E-state index contributed by atoms with van der Waals surface area (Å²) in [6.07, 6.45) is 0. The number of anilines is 3. The molecule has 4 nitrogen and oxygen atoms in total. The number of hydrogen-bond acceptors (Lipinski definition) is 3. The molecule has 0 atom stereocenters. The third-order valence-electron chi connectivity index (χ3n) is 11.3. The molecule has 3 aromatic heterocycles. The van der Waals surface area contributed by atoms with Crippen molar-refractivity contribution >= 4 is 93.5 Å². The molecule has 0 saturated carbocycles. The average Bonchev–Trinajstić information content (AvgIpc) is 3.92. The second-order valence-corrected chi connectivity index (χ2v) is 14.5. The van der Waals surface area contributed by atoms with Gasteiger partial charge < -0.3 is 18.3 Å². The molecule has 9 aromatic carbocycles. The van der Waals surface area contributed by atoms with Crippen LogP contribution >= 0.6 is 0 Å². The molecule has 0 aliphatic heterocycles. The lowest BCUT2D eigenvalue weighted by Gasteiger charge is -2.25. The Labute approximate surface area is 321 Å². The van der Waals surface area contributed by atoms with Gasteiger partial charge in [-0.05, 0) is 101 Å². The van der Waals surface area contributed by atoms with E-state index < -0.39 is 0 Å². The summed E-state index contributed by atoms with van der Waals surface area (Å²) in [6.45, 7) is 0. The maximum atomic E-state index is 6.67. The minimum Gasteiger partial charge on any atom is -0.456 e. The van der Waals surface area contributed by atoms with Crippen LogP contribution in [0.25, 0.3) is 93.3 Å². The van der Waals surface area contributed by atoms with Crippen molar-refractivity contribution in [2.75, 3.05) is 4.90 Å². The van der Waals surface area contributed by atoms with E-state index in [1.807, 2.05) is 6.07 Å². The van der Waals surface area contributed by atoms with Gasteiger partial charge in [-0.3, -0.25) is 0 Å². The van der Waals surface area contributed by atoms with Gasteiger partial charge >= 0.3 is 0 Å². The maximum absolute atomic E-state index is 6.67. The van der Waals surface area contributed by atoms with Gasteiger partial charge in [0, 0.05) is 60.6 Å². The van der Waals surface area contributed by atoms with Crippen LogP contribution in [0.2, 0.25) is 0 Å². The monoisotopic (exact) mass is 716 g/mol. The van der Waals surface area contributed by atoms with Gasteiger partial charge in [0.1, 0.15) is 22.3 Å². The number of furan rings is 2. The molecule has 0 bridgehead atoms. The number of hydrogen-bond donors (Lipinski definition) is 0. The first-order valence-electron chi connectivity index (χ1n) is 19.0. The van der Waals surface area contributed by atoms with Crippen LogP contribution in [0.1, 0.15) is 0 Å². The molecular weight excluding hydrogens is 685 g/mol. The van der Waals surface area contributed by atoms with Gasteiger partial charge in [0.2, 0.25) is 0 Å². The first kappa shape index (κ1) is 30.9. The van der Waals surface area contributed by atoms with Crippen molar-refractivity contribution in [1.82, 2.24) is 4.57 Å². The van der Waals surface area contributed by atoms with E-state index in [-0.39, 0.29) is 0 Å². The number of fused-ring (bicyclic) bond motifs is 10. The highest BCUT2D eigenvalue weighted by atomic mass is 16.3. The Bertz CT molecular complexity index is 3430. The lowest BCUT2D eigenvalue weighted by Crippen LogP contribution is -2.09. The largest absolute Gasteiger partial charge is 0.456 e. The summed E-state index contributed by atoms with van der Waals surface area (Å²) < 4.78 is 15.4. The normalized spacial score (nSPS) is 11.9. The Kier molecular flexibility index (Phi) is 6.60. The summed E-state index contributed by atoms with van der Waals surface area (Å²) in [4.78, 5) is 2.31. The van der Waals surface area contributed by atoms with Gasteiger partial charge in [0.15, 0.2) is 0 Å². The summed E-state index contributed by atoms with van der Waals surface area (Å²) in [7, 11) is 0. The second kappa shape index (κ2) is 12.0. The molecule has 0 aliphatic carbocycles. The molecule has 0 unspecified atom stereocenters. The van der Waals surface area contributed by atoms with E-state index in [2.05, 4.69) is 198 Å². The van der Waals surface area contributed by atoms with E-state index in [1.54, 1.807) is 0 Å². The van der Waals surface area contributed by atoms with Crippen LogP contribution in [0.5, 0.6) is 0 Å². The van der Waals surface area contributed by atoms with Gasteiger partial charge in [0.05, 0.1) is 11.0 Å². The number of nitrogens with zero attached hydrogens (tertiary/aromatic N) is 2. The fourth-order valence-electron chi connectivity index (χ4n) is 8.76. The van der Waals surface area contributed by atoms with Crippen LogP contribution in [0, 0.1) is 0 Å². The molecular formula is C52H32N2O2. The smallest absolute Gasteiger partial charge is 0.143 e. The second-order valence-electron chi connectivity index (χ2n) is 14.5. The van der Waals surface area contributed by atoms with Gasteiger partial charge in [-0.2, -0.15) is 0 Å². The summed E-state index contributed by atoms with van der Waals surface area (Å²) in [5.41, 5.74) is 12.3. The van der Waals surface area contributed by atoms with E-state index in [0.717, 1.165) is 77.8 Å². The average molecular weight is 717 g/mol. The first-order valence-corrected chi connectivity index (χ1v) is 19.0. The number of aromatic nitrogens is 1. The van der Waals surface area contributed by atoms with Crippen molar-refractivity contribution in [3.05, 3.63) is 194 Å². The fraction of sp³-hybridized carbons (Fsp3) is 0. The number of benzene rings is 9. The molecule has 56 heavy (non-hydrogen) atoms. The van der Waals surface area contributed by atoms with Crippen molar-refractivity contribution in [3.63, 3.8) is 0 Å². The Morgan fingerprint density at radius 2 is 0.946 bits per heavy atom. The lowest BCUT2D eigenvalue weighted by atomic mass is 10.00. The molecule has 0 aliphatic rings. The first-order chi connectivity index (χ1) is 27.7. The Hall–Kier alpha value is -7.56. The number of rotatable bonds is 5. The van der Waals surface area contributed by atoms with E-state index in [9.17, 15) is 0 Å². The zero-order chi connectivity index (χ0) is 36.7. The van der Waals surface area contributed by atoms with E-state index in [0.29, 0.717) is 0 Å². The molecule has 0 N–H and O–H groups in total. The van der Waals surface area contributed by atoms with Crippen molar-refractivity contribution in [2.45, 2.75) is 0 Å². The highest BCUT2D eigenvalue weighted by Gasteiger charge is 2.20. The molecule has 0 spiro atoms. The van der Waals surface area contributed by atoms with E-state index in [4.69, 9.17) is 8.83 Å². The van der Waals surface area contributed by atoms with Gasteiger partial charge in [-0.1, -0.05) is 109 Å². The van der Waals surface area contributed by atoms with Crippen molar-refractivity contribution < 1.29 is 8.83 Å². The van der Waals surface area contributed by atoms with Crippen LogP contribution < -0.4 is 4.90 Å². The highest BCUT2D eigenvalue weighted by molar-refractivity contribution is 6.14. The zero-order valence-electron chi connectivity index (χ0n) is 30.2. The van der Waals surface area contributed by atoms with Crippen molar-refractivity contribution in [3.8, 4) is 16.8 Å². The lowest BCUT2D eigenvalue weighted by molar-refractivity contribution is 0.669. The summed E-state index contributed by atoms with van der Waals surface area (Å²) in [6, 6.07) is 69.0. The minimum absolute atomic E-state index is 0.875. The number of para-hydroxylation sites is 4. The molecule has 0 fully saturated rings. The maximum Gasteiger partial charge on any atom is 0.143 e. The van der Waals surface area contributed by atoms with Gasteiger partial charge in [-0.25, -0.2) is 0 Å². The summed E-state index contributed by atoms with van der Waals surface area (Å²) in [5, 5.41) is 9.25. The molecule has 0 saturated heterocycles. The fourth-order valence-corrected chi connectivity index (χ4v) is 8.76. The molecule has 0 amide bonds. The molecule has 12 rings (SSSR count).